The molecule has 0 aromatic heterocycles. The molecule has 0 saturated heterocycles. The number of aliphatic hydroxyl groups is 2. The van der Waals surface area contributed by atoms with Crippen LogP contribution in [0.4, 0.5) is 0 Å². The maximum Gasteiger partial charge on any atom is 0.0610 e. The predicted molar refractivity (Wildman–Crippen MR) is 81.3 cm³/mol. The standard InChI is InChI=1S/C18H30O2/c1-12-4-5-15-16(20)14(8-11-18(12,15)3)17(2)9-6-13(19)7-10-17/h13-16,19-20H,1,4-11H2,2-3H3/t13?,14?,15?,16-,17?,18-/m1/s1. The van der Waals surface area contributed by atoms with E-state index < -0.39 is 0 Å². The quantitative estimate of drug-likeness (QED) is 0.718. The van der Waals surface area contributed by atoms with Crippen LogP contribution < -0.4 is 0 Å². The minimum Gasteiger partial charge on any atom is -0.393 e. The molecule has 0 spiro atoms. The SMILES string of the molecule is C=C1CCC2[C@H](O)C(C3(C)CCC(O)CC3)CC[C@]12C. The van der Waals surface area contributed by atoms with Gasteiger partial charge in [-0.1, -0.05) is 26.0 Å². The van der Waals surface area contributed by atoms with Gasteiger partial charge in [0.2, 0.25) is 0 Å². The van der Waals surface area contributed by atoms with Gasteiger partial charge in [0.25, 0.3) is 0 Å². The second-order valence-corrected chi connectivity index (χ2v) is 8.19. The topological polar surface area (TPSA) is 40.5 Å². The van der Waals surface area contributed by atoms with Crippen molar-refractivity contribution < 1.29 is 10.2 Å². The second-order valence-electron chi connectivity index (χ2n) is 8.19. The van der Waals surface area contributed by atoms with Crippen LogP contribution in [0.2, 0.25) is 0 Å². The lowest BCUT2D eigenvalue weighted by Gasteiger charge is -2.52. The van der Waals surface area contributed by atoms with Gasteiger partial charge in [0.05, 0.1) is 12.2 Å². The van der Waals surface area contributed by atoms with Gasteiger partial charge in [-0.05, 0) is 74.0 Å². The molecular formula is C18H30O2. The lowest BCUT2D eigenvalue weighted by molar-refractivity contribution is -0.0955. The molecule has 0 bridgehead atoms. The summed E-state index contributed by atoms with van der Waals surface area (Å²) in [4.78, 5) is 0. The fourth-order valence-corrected chi connectivity index (χ4v) is 5.41. The van der Waals surface area contributed by atoms with Gasteiger partial charge in [-0.2, -0.15) is 0 Å². The normalized spacial score (nSPS) is 52.9. The molecule has 2 N–H and O–H groups in total. The molecule has 0 radical (unpaired) electrons. The molecule has 2 unspecified atom stereocenters. The Labute approximate surface area is 123 Å². The number of allylic oxidation sites excluding steroid dienone is 1. The summed E-state index contributed by atoms with van der Waals surface area (Å²) in [6.45, 7) is 8.93. The summed E-state index contributed by atoms with van der Waals surface area (Å²) in [7, 11) is 0. The highest BCUT2D eigenvalue weighted by Gasteiger charge is 2.54. The second kappa shape index (κ2) is 4.84. The van der Waals surface area contributed by atoms with E-state index >= 15 is 0 Å². The molecule has 0 amide bonds. The zero-order valence-corrected chi connectivity index (χ0v) is 13.1. The monoisotopic (exact) mass is 278 g/mol. The number of aliphatic hydroxyl groups excluding tert-OH is 2. The average molecular weight is 278 g/mol. The van der Waals surface area contributed by atoms with E-state index in [1.807, 2.05) is 0 Å². The highest BCUT2D eigenvalue weighted by Crippen LogP contribution is 2.60. The molecule has 0 aromatic rings. The molecule has 4 atom stereocenters. The van der Waals surface area contributed by atoms with Gasteiger partial charge in [0.1, 0.15) is 0 Å². The fraction of sp³-hybridized carbons (Fsp3) is 0.889. The number of rotatable bonds is 1. The van der Waals surface area contributed by atoms with Crippen LogP contribution in [0, 0.1) is 22.7 Å². The number of fused-ring (bicyclic) bond motifs is 1. The summed E-state index contributed by atoms with van der Waals surface area (Å²) >= 11 is 0. The van der Waals surface area contributed by atoms with E-state index in [9.17, 15) is 10.2 Å². The Hall–Kier alpha value is -0.340. The fourth-order valence-electron chi connectivity index (χ4n) is 5.41. The summed E-state index contributed by atoms with van der Waals surface area (Å²) in [5.74, 6) is 0.830. The smallest absolute Gasteiger partial charge is 0.0610 e. The van der Waals surface area contributed by atoms with Gasteiger partial charge < -0.3 is 10.2 Å². The van der Waals surface area contributed by atoms with Crippen molar-refractivity contribution in [3.63, 3.8) is 0 Å². The molecule has 20 heavy (non-hydrogen) atoms. The molecule has 3 aliphatic carbocycles. The zero-order chi connectivity index (χ0) is 14.5. The van der Waals surface area contributed by atoms with Crippen LogP contribution in [0.25, 0.3) is 0 Å². The highest BCUT2D eigenvalue weighted by molar-refractivity contribution is 5.20. The summed E-state index contributed by atoms with van der Waals surface area (Å²) in [5, 5.41) is 20.8. The summed E-state index contributed by atoms with van der Waals surface area (Å²) in [6, 6.07) is 0. The van der Waals surface area contributed by atoms with Gasteiger partial charge in [0, 0.05) is 0 Å². The third-order valence-corrected chi connectivity index (χ3v) is 7.17. The van der Waals surface area contributed by atoms with E-state index in [4.69, 9.17) is 0 Å². The third kappa shape index (κ3) is 2.07. The third-order valence-electron chi connectivity index (χ3n) is 7.17. The van der Waals surface area contributed by atoms with Gasteiger partial charge in [0.15, 0.2) is 0 Å². The van der Waals surface area contributed by atoms with Crippen molar-refractivity contribution in [1.82, 2.24) is 0 Å². The lowest BCUT2D eigenvalue weighted by atomic mass is 9.55. The minimum absolute atomic E-state index is 0.111. The zero-order valence-electron chi connectivity index (χ0n) is 13.1. The molecule has 0 aliphatic heterocycles. The maximum absolute atomic E-state index is 11.0. The van der Waals surface area contributed by atoms with Gasteiger partial charge >= 0.3 is 0 Å². The van der Waals surface area contributed by atoms with Crippen LogP contribution in [0.1, 0.15) is 65.2 Å². The molecule has 3 rings (SSSR count). The largest absolute Gasteiger partial charge is 0.393 e. The summed E-state index contributed by atoms with van der Waals surface area (Å²) < 4.78 is 0. The van der Waals surface area contributed by atoms with Crippen molar-refractivity contribution in [2.24, 2.45) is 22.7 Å². The van der Waals surface area contributed by atoms with Crippen LogP contribution in [0.15, 0.2) is 12.2 Å². The van der Waals surface area contributed by atoms with E-state index in [0.29, 0.717) is 11.8 Å². The van der Waals surface area contributed by atoms with Crippen molar-refractivity contribution in [1.29, 1.82) is 0 Å². The first-order chi connectivity index (χ1) is 9.37. The van der Waals surface area contributed by atoms with Crippen LogP contribution >= 0.6 is 0 Å². The molecular weight excluding hydrogens is 248 g/mol. The highest BCUT2D eigenvalue weighted by atomic mass is 16.3. The Bertz CT molecular complexity index is 394. The van der Waals surface area contributed by atoms with E-state index in [0.717, 1.165) is 44.9 Å². The Balaban J connectivity index is 1.78. The van der Waals surface area contributed by atoms with E-state index in [-0.39, 0.29) is 23.0 Å². The molecule has 0 heterocycles. The first kappa shape index (κ1) is 14.6. The molecule has 2 nitrogen and oxygen atoms in total. The van der Waals surface area contributed by atoms with Crippen LogP contribution in [0.5, 0.6) is 0 Å². The van der Waals surface area contributed by atoms with Gasteiger partial charge in [-0.3, -0.25) is 0 Å². The predicted octanol–water partition coefficient (Wildman–Crippen LogP) is 3.67. The van der Waals surface area contributed by atoms with Crippen LogP contribution in [-0.2, 0) is 0 Å². The Kier molecular flexibility index (Phi) is 3.53. The Morgan fingerprint density at radius 1 is 0.950 bits per heavy atom. The number of hydrogen-bond donors (Lipinski definition) is 2. The molecule has 2 heteroatoms. The first-order valence-electron chi connectivity index (χ1n) is 8.41. The summed E-state index contributed by atoms with van der Waals surface area (Å²) in [5.41, 5.74) is 1.77. The Morgan fingerprint density at radius 3 is 2.25 bits per heavy atom. The lowest BCUT2D eigenvalue weighted by Crippen LogP contribution is -2.49. The van der Waals surface area contributed by atoms with Crippen molar-refractivity contribution in [2.75, 3.05) is 0 Å². The van der Waals surface area contributed by atoms with Crippen molar-refractivity contribution in [3.8, 4) is 0 Å². The molecule has 3 aliphatic rings. The Morgan fingerprint density at radius 2 is 1.60 bits per heavy atom. The molecule has 3 fully saturated rings. The minimum atomic E-state index is -0.173. The molecule has 114 valence electrons. The first-order valence-corrected chi connectivity index (χ1v) is 8.41. The summed E-state index contributed by atoms with van der Waals surface area (Å²) in [6.07, 6.45) is 8.21. The van der Waals surface area contributed by atoms with Gasteiger partial charge in [-0.15, -0.1) is 0 Å². The number of hydrogen-bond acceptors (Lipinski definition) is 2. The van der Waals surface area contributed by atoms with Crippen molar-refractivity contribution >= 4 is 0 Å². The molecule has 3 saturated carbocycles. The van der Waals surface area contributed by atoms with E-state index in [2.05, 4.69) is 20.4 Å². The van der Waals surface area contributed by atoms with E-state index in [1.54, 1.807) is 0 Å². The maximum atomic E-state index is 11.0. The molecule has 0 aromatic carbocycles. The van der Waals surface area contributed by atoms with Gasteiger partial charge in [-0.25, -0.2) is 0 Å². The average Bonchev–Trinajstić information content (AvgIpc) is 2.71. The van der Waals surface area contributed by atoms with Crippen LogP contribution in [0.3, 0.4) is 0 Å². The van der Waals surface area contributed by atoms with Crippen LogP contribution in [-0.4, -0.2) is 22.4 Å². The van der Waals surface area contributed by atoms with Crippen molar-refractivity contribution in [3.05, 3.63) is 12.2 Å². The van der Waals surface area contributed by atoms with E-state index in [1.165, 1.54) is 12.0 Å². The van der Waals surface area contributed by atoms with Crippen molar-refractivity contribution in [2.45, 2.75) is 77.4 Å².